The number of nitrogens with one attached hydrogen (secondary N) is 3. The van der Waals surface area contributed by atoms with Gasteiger partial charge in [0.15, 0.2) is 0 Å². The molecular formula is C30H34N4OS2. The summed E-state index contributed by atoms with van der Waals surface area (Å²) in [7, 11) is 0. The van der Waals surface area contributed by atoms with Gasteiger partial charge in [0.05, 0.1) is 5.57 Å². The van der Waals surface area contributed by atoms with Crippen LogP contribution in [0.5, 0.6) is 0 Å². The Hall–Kier alpha value is -2.97. The lowest BCUT2D eigenvalue weighted by atomic mass is 10.0. The first kappa shape index (κ1) is 25.7. The maximum absolute atomic E-state index is 13.0. The highest BCUT2D eigenvalue weighted by Crippen LogP contribution is 2.40. The first-order valence-corrected chi connectivity index (χ1v) is 14.6. The number of benzene rings is 1. The van der Waals surface area contributed by atoms with Gasteiger partial charge in [-0.05, 0) is 85.4 Å². The minimum Gasteiger partial charge on any atom is -0.359 e. The maximum atomic E-state index is 13.0. The van der Waals surface area contributed by atoms with Crippen LogP contribution in [-0.2, 0) is 11.3 Å². The summed E-state index contributed by atoms with van der Waals surface area (Å²) in [6.07, 6.45) is 2.01. The number of thiophene rings is 2. The number of H-pyrrole nitrogens is 1. The van der Waals surface area contributed by atoms with Gasteiger partial charge in [0.2, 0.25) is 0 Å². The number of carbonyl (C=O) groups is 1. The molecule has 0 fully saturated rings. The van der Waals surface area contributed by atoms with E-state index in [2.05, 4.69) is 90.0 Å². The first-order valence-electron chi connectivity index (χ1n) is 12.9. The summed E-state index contributed by atoms with van der Waals surface area (Å²) in [5, 5.41) is 8.74. The second-order valence-electron chi connectivity index (χ2n) is 9.38. The van der Waals surface area contributed by atoms with Gasteiger partial charge in [0.1, 0.15) is 0 Å². The summed E-state index contributed by atoms with van der Waals surface area (Å²) < 4.78 is 0. The Morgan fingerprint density at radius 2 is 1.84 bits per heavy atom. The number of rotatable bonds is 10. The Balaban J connectivity index is 1.38. The van der Waals surface area contributed by atoms with Crippen LogP contribution in [0.2, 0.25) is 0 Å². The lowest BCUT2D eigenvalue weighted by Crippen LogP contribution is -2.31. The SMILES string of the molecule is CCN(CC)CCNCc1c(C)[nH]c(/C=C2\C(=O)Nc3ccc(-c4ccc(-c5cccs5)s4)cc32)c1C. The summed E-state index contributed by atoms with van der Waals surface area (Å²) in [4.78, 5) is 22.7. The molecule has 0 spiro atoms. The molecule has 0 radical (unpaired) electrons. The Kier molecular flexibility index (Phi) is 7.76. The van der Waals surface area contributed by atoms with Gasteiger partial charge in [-0.25, -0.2) is 0 Å². The van der Waals surface area contributed by atoms with Gasteiger partial charge in [0, 0.05) is 56.9 Å². The zero-order valence-electron chi connectivity index (χ0n) is 21.9. The number of aromatic nitrogens is 1. The minimum absolute atomic E-state index is 0.0526. The predicted octanol–water partition coefficient (Wildman–Crippen LogP) is 7.01. The topological polar surface area (TPSA) is 60.2 Å². The van der Waals surface area contributed by atoms with Gasteiger partial charge in [0.25, 0.3) is 5.91 Å². The van der Waals surface area contributed by atoms with Crippen molar-refractivity contribution in [3.05, 3.63) is 75.9 Å². The van der Waals surface area contributed by atoms with Crippen LogP contribution in [0, 0.1) is 13.8 Å². The van der Waals surface area contributed by atoms with Crippen molar-refractivity contribution < 1.29 is 4.79 Å². The quantitative estimate of drug-likeness (QED) is 0.153. The summed E-state index contributed by atoms with van der Waals surface area (Å²) in [5.74, 6) is -0.0526. The zero-order chi connectivity index (χ0) is 25.9. The molecular weight excluding hydrogens is 496 g/mol. The van der Waals surface area contributed by atoms with Crippen molar-refractivity contribution in [1.82, 2.24) is 15.2 Å². The molecule has 0 saturated heterocycles. The highest BCUT2D eigenvalue weighted by Gasteiger charge is 2.25. The average Bonchev–Trinajstić information content (AvgIpc) is 3.69. The molecule has 0 atom stereocenters. The van der Waals surface area contributed by atoms with Gasteiger partial charge in [-0.3, -0.25) is 4.79 Å². The van der Waals surface area contributed by atoms with Crippen molar-refractivity contribution in [3.63, 3.8) is 0 Å². The highest BCUT2D eigenvalue weighted by molar-refractivity contribution is 7.23. The van der Waals surface area contributed by atoms with Crippen molar-refractivity contribution in [1.29, 1.82) is 0 Å². The molecule has 5 rings (SSSR count). The molecule has 4 heterocycles. The van der Waals surface area contributed by atoms with Crippen molar-refractivity contribution >= 4 is 45.9 Å². The van der Waals surface area contributed by atoms with Gasteiger partial charge in [-0.2, -0.15) is 0 Å². The monoisotopic (exact) mass is 530 g/mol. The number of nitrogens with zero attached hydrogens (tertiary/aromatic N) is 1. The number of likely N-dealkylation sites (N-methyl/N-ethyl adjacent to an activating group) is 1. The third-order valence-corrected chi connectivity index (χ3v) is 9.38. The number of aromatic amines is 1. The summed E-state index contributed by atoms with van der Waals surface area (Å²) >= 11 is 3.54. The number of anilines is 1. The van der Waals surface area contributed by atoms with E-state index in [9.17, 15) is 4.79 Å². The van der Waals surface area contributed by atoms with E-state index < -0.39 is 0 Å². The second-order valence-corrected chi connectivity index (χ2v) is 11.4. The standard InChI is InChI=1S/C30H34N4OS2/c1-5-34(6-2)14-13-31-18-24-19(3)26(32-20(24)4)17-23-22-16-21(9-10-25(22)33-30(23)35)27-11-12-29(37-27)28-8-7-15-36-28/h7-12,15-17,31-32H,5-6,13-14,18H2,1-4H3,(H,33,35)/b23-17-. The summed E-state index contributed by atoms with van der Waals surface area (Å²) in [6, 6.07) is 14.9. The lowest BCUT2D eigenvalue weighted by molar-refractivity contribution is -0.110. The van der Waals surface area contributed by atoms with E-state index in [0.717, 1.165) is 60.9 Å². The number of fused-ring (bicyclic) bond motifs is 1. The fourth-order valence-corrected chi connectivity index (χ4v) is 6.73. The third-order valence-electron chi connectivity index (χ3n) is 7.18. The molecule has 192 valence electrons. The third kappa shape index (κ3) is 5.36. The first-order chi connectivity index (χ1) is 18.0. The minimum atomic E-state index is -0.0526. The van der Waals surface area contributed by atoms with Gasteiger partial charge in [-0.1, -0.05) is 26.0 Å². The maximum Gasteiger partial charge on any atom is 0.256 e. The van der Waals surface area contributed by atoms with Crippen LogP contribution in [0.25, 0.3) is 31.8 Å². The molecule has 0 aliphatic carbocycles. The van der Waals surface area contributed by atoms with Crippen LogP contribution in [0.1, 0.15) is 41.9 Å². The molecule has 5 nitrogen and oxygen atoms in total. The fraction of sp³-hybridized carbons (Fsp3) is 0.300. The van der Waals surface area contributed by atoms with E-state index >= 15 is 0 Å². The molecule has 37 heavy (non-hydrogen) atoms. The molecule has 3 aromatic heterocycles. The largest absolute Gasteiger partial charge is 0.359 e. The molecule has 1 aliphatic rings. The average molecular weight is 531 g/mol. The molecule has 7 heteroatoms. The van der Waals surface area contributed by atoms with E-state index in [1.807, 2.05) is 12.1 Å². The Morgan fingerprint density at radius 3 is 2.59 bits per heavy atom. The molecule has 1 amide bonds. The number of carbonyl (C=O) groups excluding carboxylic acids is 1. The van der Waals surface area contributed by atoms with Crippen LogP contribution in [0.3, 0.4) is 0 Å². The molecule has 0 bridgehead atoms. The molecule has 1 aromatic carbocycles. The van der Waals surface area contributed by atoms with Crippen molar-refractivity contribution in [2.24, 2.45) is 0 Å². The van der Waals surface area contributed by atoms with Crippen LogP contribution in [0.15, 0.2) is 47.8 Å². The van der Waals surface area contributed by atoms with Gasteiger partial charge < -0.3 is 20.5 Å². The fourth-order valence-electron chi connectivity index (χ4n) is 4.89. The second kappa shape index (κ2) is 11.2. The van der Waals surface area contributed by atoms with Crippen LogP contribution in [-0.4, -0.2) is 42.0 Å². The van der Waals surface area contributed by atoms with Crippen LogP contribution >= 0.6 is 22.7 Å². The molecule has 3 N–H and O–H groups in total. The Labute approximate surface area is 227 Å². The van der Waals surface area contributed by atoms with Gasteiger partial charge >= 0.3 is 0 Å². The van der Waals surface area contributed by atoms with Gasteiger partial charge in [-0.15, -0.1) is 22.7 Å². The van der Waals surface area contributed by atoms with E-state index in [4.69, 9.17) is 0 Å². The Morgan fingerprint density at radius 1 is 1.03 bits per heavy atom. The van der Waals surface area contributed by atoms with E-state index in [0.29, 0.717) is 5.57 Å². The van der Waals surface area contributed by atoms with E-state index in [1.165, 1.54) is 25.8 Å². The number of amides is 1. The number of hydrogen-bond acceptors (Lipinski definition) is 5. The van der Waals surface area contributed by atoms with Crippen molar-refractivity contribution in [2.75, 3.05) is 31.5 Å². The highest BCUT2D eigenvalue weighted by atomic mass is 32.1. The van der Waals surface area contributed by atoms with Crippen LogP contribution < -0.4 is 10.6 Å². The molecule has 0 unspecified atom stereocenters. The lowest BCUT2D eigenvalue weighted by Gasteiger charge is -2.18. The van der Waals surface area contributed by atoms with Crippen molar-refractivity contribution in [3.8, 4) is 20.2 Å². The normalized spacial score (nSPS) is 14.1. The molecule has 4 aromatic rings. The summed E-state index contributed by atoms with van der Waals surface area (Å²) in [6.45, 7) is 13.6. The smallest absolute Gasteiger partial charge is 0.256 e. The predicted molar refractivity (Wildman–Crippen MR) is 159 cm³/mol. The zero-order valence-corrected chi connectivity index (χ0v) is 23.5. The van der Waals surface area contributed by atoms with Crippen molar-refractivity contribution in [2.45, 2.75) is 34.2 Å². The molecule has 1 aliphatic heterocycles. The number of aryl methyl sites for hydroxylation is 1. The van der Waals surface area contributed by atoms with E-state index in [1.54, 1.807) is 22.7 Å². The van der Waals surface area contributed by atoms with Crippen LogP contribution in [0.4, 0.5) is 5.69 Å². The molecule has 0 saturated carbocycles. The van der Waals surface area contributed by atoms with E-state index in [-0.39, 0.29) is 5.91 Å². The Bertz CT molecular complexity index is 1420. The number of hydrogen-bond donors (Lipinski definition) is 3. The summed E-state index contributed by atoms with van der Waals surface area (Å²) in [5.41, 5.74) is 8.27.